The van der Waals surface area contributed by atoms with Crippen molar-refractivity contribution in [1.29, 1.82) is 0 Å². The Morgan fingerprint density at radius 2 is 1.17 bits per heavy atom. The molecule has 1 aromatic rings. The lowest BCUT2D eigenvalue weighted by atomic mass is 9.64. The Labute approximate surface area is 107 Å². The highest BCUT2D eigenvalue weighted by Crippen LogP contribution is 2.41. The molecule has 0 amide bonds. The summed E-state index contributed by atoms with van der Waals surface area (Å²) in [5, 5.41) is 0. The van der Waals surface area contributed by atoms with Crippen molar-refractivity contribution in [2.45, 2.75) is 38.5 Å². The first-order chi connectivity index (χ1) is 8.45. The maximum Gasteiger partial charge on any atom is 0.0744 e. The minimum Gasteiger partial charge on any atom is -0.285 e. The number of aromatic nitrogens is 2. The third-order valence-electron chi connectivity index (χ3n) is 3.93. The van der Waals surface area contributed by atoms with E-state index in [1.54, 1.807) is 12.4 Å². The highest BCUT2D eigenvalue weighted by molar-refractivity contribution is 6.49. The minimum absolute atomic E-state index is 0.196. The molecule has 0 aromatic carbocycles. The zero-order chi connectivity index (χ0) is 13.0. The highest BCUT2D eigenvalue weighted by Gasteiger charge is 2.48. The van der Waals surface area contributed by atoms with E-state index in [0.717, 1.165) is 35.9 Å². The summed E-state index contributed by atoms with van der Waals surface area (Å²) in [6.07, 6.45) is 3.53. The molecule has 1 aromatic heterocycles. The zero-order valence-corrected chi connectivity index (χ0v) is 11.4. The van der Waals surface area contributed by atoms with Crippen molar-refractivity contribution in [3.8, 4) is 0 Å². The first-order valence-electron chi connectivity index (χ1n) is 6.38. The lowest BCUT2D eigenvalue weighted by Crippen LogP contribution is -2.53. The molecule has 1 aliphatic heterocycles. The molecule has 94 valence electrons. The monoisotopic (exact) mass is 242 g/mol. The Balaban J connectivity index is 2.35. The lowest BCUT2D eigenvalue weighted by molar-refractivity contribution is 0.575. The van der Waals surface area contributed by atoms with Gasteiger partial charge in [-0.15, -0.1) is 0 Å². The molecule has 0 fully saturated rings. The van der Waals surface area contributed by atoms with Crippen LogP contribution in [0.2, 0.25) is 0 Å². The molecule has 0 spiro atoms. The van der Waals surface area contributed by atoms with Crippen LogP contribution in [0, 0.1) is 0 Å². The first kappa shape index (κ1) is 11.5. The second-order valence-electron chi connectivity index (χ2n) is 5.96. The van der Waals surface area contributed by atoms with Gasteiger partial charge in [0, 0.05) is 12.4 Å². The standard InChI is InChI=1S/C14H18N4/c1-13(2)9-11(17-7-5-15-9)14(3,4)12-10(13)16-6-8-18-12/h5,7H,6,8H2,1-4H3. The summed E-state index contributed by atoms with van der Waals surface area (Å²) in [6, 6.07) is 0. The van der Waals surface area contributed by atoms with Gasteiger partial charge >= 0.3 is 0 Å². The van der Waals surface area contributed by atoms with Crippen molar-refractivity contribution < 1.29 is 0 Å². The van der Waals surface area contributed by atoms with Gasteiger partial charge in [0.25, 0.3) is 0 Å². The molecule has 0 bridgehead atoms. The Morgan fingerprint density at radius 1 is 0.778 bits per heavy atom. The van der Waals surface area contributed by atoms with Crippen molar-refractivity contribution in [3.63, 3.8) is 0 Å². The van der Waals surface area contributed by atoms with E-state index in [-0.39, 0.29) is 10.8 Å². The predicted octanol–water partition coefficient (Wildman–Crippen LogP) is 1.94. The average Bonchev–Trinajstić information content (AvgIpc) is 2.37. The molecule has 4 heteroatoms. The first-order valence-corrected chi connectivity index (χ1v) is 6.38. The van der Waals surface area contributed by atoms with Crippen LogP contribution in [0.15, 0.2) is 22.4 Å². The molecule has 0 saturated carbocycles. The average molecular weight is 242 g/mol. The minimum atomic E-state index is -0.196. The van der Waals surface area contributed by atoms with Crippen LogP contribution >= 0.6 is 0 Å². The maximum absolute atomic E-state index is 4.72. The fourth-order valence-corrected chi connectivity index (χ4v) is 2.94. The Bertz CT molecular complexity index is 516. The molecule has 2 aliphatic rings. The van der Waals surface area contributed by atoms with Gasteiger partial charge < -0.3 is 0 Å². The molecule has 2 heterocycles. The van der Waals surface area contributed by atoms with Crippen molar-refractivity contribution in [2.24, 2.45) is 9.98 Å². The molecule has 0 atom stereocenters. The Kier molecular flexibility index (Phi) is 2.22. The largest absolute Gasteiger partial charge is 0.285 e. The number of hydrogen-bond acceptors (Lipinski definition) is 4. The quantitative estimate of drug-likeness (QED) is 0.698. The zero-order valence-electron chi connectivity index (χ0n) is 11.4. The van der Waals surface area contributed by atoms with Gasteiger partial charge in [0.1, 0.15) is 0 Å². The van der Waals surface area contributed by atoms with Crippen LogP contribution in [0.4, 0.5) is 0 Å². The van der Waals surface area contributed by atoms with Gasteiger partial charge in [0.2, 0.25) is 0 Å². The summed E-state index contributed by atoms with van der Waals surface area (Å²) < 4.78 is 0. The molecule has 1 aliphatic carbocycles. The fraction of sp³-hybridized carbons (Fsp3) is 0.571. The van der Waals surface area contributed by atoms with E-state index in [2.05, 4.69) is 37.7 Å². The summed E-state index contributed by atoms with van der Waals surface area (Å²) in [4.78, 5) is 18.6. The number of rotatable bonds is 0. The van der Waals surface area contributed by atoms with E-state index in [9.17, 15) is 0 Å². The molecule has 0 radical (unpaired) electrons. The lowest BCUT2D eigenvalue weighted by Gasteiger charge is -2.42. The molecule has 4 nitrogen and oxygen atoms in total. The topological polar surface area (TPSA) is 50.5 Å². The smallest absolute Gasteiger partial charge is 0.0744 e. The number of nitrogens with zero attached hydrogens (tertiary/aromatic N) is 4. The molecule has 0 N–H and O–H groups in total. The van der Waals surface area contributed by atoms with Crippen molar-refractivity contribution in [3.05, 3.63) is 23.8 Å². The number of fused-ring (bicyclic) bond motifs is 2. The van der Waals surface area contributed by atoms with Gasteiger partial charge in [-0.25, -0.2) is 0 Å². The summed E-state index contributed by atoms with van der Waals surface area (Å²) in [6.45, 7) is 10.2. The van der Waals surface area contributed by atoms with Crippen LogP contribution in [-0.4, -0.2) is 34.5 Å². The summed E-state index contributed by atoms with van der Waals surface area (Å²) in [5.41, 5.74) is 3.86. The summed E-state index contributed by atoms with van der Waals surface area (Å²) >= 11 is 0. The van der Waals surface area contributed by atoms with Gasteiger partial charge in [-0.3, -0.25) is 20.0 Å². The van der Waals surface area contributed by atoms with Crippen molar-refractivity contribution in [1.82, 2.24) is 9.97 Å². The van der Waals surface area contributed by atoms with E-state index in [0.29, 0.717) is 0 Å². The Morgan fingerprint density at radius 3 is 1.56 bits per heavy atom. The molecule has 18 heavy (non-hydrogen) atoms. The Hall–Kier alpha value is -1.58. The van der Waals surface area contributed by atoms with Gasteiger partial charge in [0.05, 0.1) is 46.7 Å². The SMILES string of the molecule is CC1(C)C2=NCCN=C2C(C)(C)c2nccnc21. The second-order valence-corrected chi connectivity index (χ2v) is 5.96. The third-order valence-corrected chi connectivity index (χ3v) is 3.93. The van der Waals surface area contributed by atoms with Gasteiger partial charge in [-0.2, -0.15) is 0 Å². The van der Waals surface area contributed by atoms with Gasteiger partial charge in [-0.1, -0.05) is 0 Å². The summed E-state index contributed by atoms with van der Waals surface area (Å²) in [7, 11) is 0. The molecule has 0 saturated heterocycles. The van der Waals surface area contributed by atoms with E-state index < -0.39 is 0 Å². The van der Waals surface area contributed by atoms with Crippen LogP contribution in [0.5, 0.6) is 0 Å². The van der Waals surface area contributed by atoms with Crippen molar-refractivity contribution in [2.75, 3.05) is 13.1 Å². The summed E-state index contributed by atoms with van der Waals surface area (Å²) in [5.74, 6) is 0. The number of aliphatic imine (C=N–C) groups is 2. The van der Waals surface area contributed by atoms with E-state index in [4.69, 9.17) is 9.98 Å². The van der Waals surface area contributed by atoms with Crippen LogP contribution in [-0.2, 0) is 10.8 Å². The van der Waals surface area contributed by atoms with E-state index >= 15 is 0 Å². The maximum atomic E-state index is 4.72. The van der Waals surface area contributed by atoms with Crippen LogP contribution in [0.1, 0.15) is 39.1 Å². The van der Waals surface area contributed by atoms with Gasteiger partial charge in [-0.05, 0) is 27.7 Å². The van der Waals surface area contributed by atoms with Crippen LogP contribution in [0.25, 0.3) is 0 Å². The second kappa shape index (κ2) is 3.46. The number of hydrogen-bond donors (Lipinski definition) is 0. The molecular formula is C14H18N4. The highest BCUT2D eigenvalue weighted by atomic mass is 15.0. The van der Waals surface area contributed by atoms with Gasteiger partial charge in [0.15, 0.2) is 0 Å². The predicted molar refractivity (Wildman–Crippen MR) is 72.7 cm³/mol. The van der Waals surface area contributed by atoms with E-state index in [1.165, 1.54) is 0 Å². The fourth-order valence-electron chi connectivity index (χ4n) is 2.94. The third kappa shape index (κ3) is 1.32. The normalized spacial score (nSPS) is 23.6. The van der Waals surface area contributed by atoms with E-state index in [1.807, 2.05) is 0 Å². The molecule has 0 unspecified atom stereocenters. The molecule has 3 rings (SSSR count). The van der Waals surface area contributed by atoms with Crippen LogP contribution < -0.4 is 0 Å². The molecular weight excluding hydrogens is 224 g/mol. The van der Waals surface area contributed by atoms with Crippen LogP contribution in [0.3, 0.4) is 0 Å². The van der Waals surface area contributed by atoms with Crippen molar-refractivity contribution >= 4 is 11.4 Å².